The van der Waals surface area contributed by atoms with Gasteiger partial charge in [0.2, 0.25) is 0 Å². The highest BCUT2D eigenvalue weighted by Gasteiger charge is 2.33. The Balaban J connectivity index is 2.07. The number of nitrogens with zero attached hydrogens (tertiary/aromatic N) is 1. The second-order valence-corrected chi connectivity index (χ2v) is 8.19. The number of benzene rings is 1. The highest BCUT2D eigenvalue weighted by molar-refractivity contribution is 7.98. The normalized spacial score (nSPS) is 15.6. The molecule has 0 amide bonds. The van der Waals surface area contributed by atoms with Crippen LogP contribution in [0.2, 0.25) is 5.02 Å². The van der Waals surface area contributed by atoms with Crippen molar-refractivity contribution in [2.45, 2.75) is 29.4 Å². The van der Waals surface area contributed by atoms with Gasteiger partial charge in [0.05, 0.1) is 22.5 Å². The average molecular weight is 370 g/mol. The van der Waals surface area contributed by atoms with Gasteiger partial charge < -0.3 is 4.52 Å². The van der Waals surface area contributed by atoms with Crippen LogP contribution in [-0.2, 0) is 16.6 Å². The van der Waals surface area contributed by atoms with Crippen molar-refractivity contribution in [1.29, 1.82) is 0 Å². The van der Waals surface area contributed by atoms with Gasteiger partial charge in [-0.2, -0.15) is 0 Å². The van der Waals surface area contributed by atoms with Crippen LogP contribution >= 0.6 is 23.4 Å². The number of hydrogen-bond donors (Lipinski definition) is 0. The quantitative estimate of drug-likeness (QED) is 0.568. The predicted octanol–water partition coefficient (Wildman–Crippen LogP) is 4.04. The number of aromatic nitrogens is 1. The summed E-state index contributed by atoms with van der Waals surface area (Å²) >= 11 is 7.93. The summed E-state index contributed by atoms with van der Waals surface area (Å²) in [5.74, 6) is 1.03. The molecule has 1 aromatic heterocycles. The van der Waals surface area contributed by atoms with E-state index in [4.69, 9.17) is 16.1 Å². The van der Waals surface area contributed by atoms with E-state index in [1.165, 1.54) is 18.0 Å². The van der Waals surface area contributed by atoms with E-state index in [2.05, 4.69) is 5.16 Å². The van der Waals surface area contributed by atoms with E-state index in [0.29, 0.717) is 33.4 Å². The summed E-state index contributed by atoms with van der Waals surface area (Å²) < 4.78 is 17.0. The van der Waals surface area contributed by atoms with Crippen LogP contribution in [0.3, 0.4) is 0 Å². The van der Waals surface area contributed by atoms with Crippen molar-refractivity contribution in [1.82, 2.24) is 5.16 Å². The molecule has 2 aromatic rings. The van der Waals surface area contributed by atoms with Gasteiger partial charge >= 0.3 is 0 Å². The van der Waals surface area contributed by atoms with Gasteiger partial charge in [-0.15, -0.1) is 11.8 Å². The van der Waals surface area contributed by atoms with E-state index < -0.39 is 10.8 Å². The van der Waals surface area contributed by atoms with Gasteiger partial charge in [0.15, 0.2) is 11.5 Å². The van der Waals surface area contributed by atoms with E-state index in [-0.39, 0.29) is 11.5 Å². The van der Waals surface area contributed by atoms with E-state index >= 15 is 0 Å². The maximum Gasteiger partial charge on any atom is 0.198 e. The van der Waals surface area contributed by atoms with E-state index in [1.54, 1.807) is 12.3 Å². The van der Waals surface area contributed by atoms with Crippen molar-refractivity contribution in [2.24, 2.45) is 0 Å². The summed E-state index contributed by atoms with van der Waals surface area (Å²) in [4.78, 5) is 13.8. The summed E-state index contributed by atoms with van der Waals surface area (Å²) in [7, 11) is -1.10. The topological polar surface area (TPSA) is 60.2 Å². The zero-order valence-electron chi connectivity index (χ0n) is 12.8. The Morgan fingerprint density at radius 2 is 2.17 bits per heavy atom. The number of ketones is 1. The van der Waals surface area contributed by atoms with Crippen LogP contribution in [0.25, 0.3) is 0 Å². The predicted molar refractivity (Wildman–Crippen MR) is 92.9 cm³/mol. The fourth-order valence-electron chi connectivity index (χ4n) is 2.52. The molecule has 0 aliphatic heterocycles. The lowest BCUT2D eigenvalue weighted by atomic mass is 9.98. The summed E-state index contributed by atoms with van der Waals surface area (Å²) in [5.41, 5.74) is 1.60. The molecule has 1 aliphatic carbocycles. The smallest absolute Gasteiger partial charge is 0.198 e. The molecule has 7 heteroatoms. The standard InChI is InChI=1S/C16H16ClNO3S2/c1-22-13-6-5-10(12(14(13)17)8-23(2)20)15(19)11-7-18-21-16(11)9-3-4-9/h5-7,9H,3-4,8H2,1-2H3. The molecular formula is C16H16ClNO3S2. The minimum absolute atomic E-state index is 0.164. The number of halogens is 1. The Labute approximate surface area is 146 Å². The average Bonchev–Trinajstić information content (AvgIpc) is 3.25. The summed E-state index contributed by atoms with van der Waals surface area (Å²) in [5, 5.41) is 4.29. The van der Waals surface area contributed by atoms with Crippen LogP contribution in [0, 0.1) is 0 Å². The molecule has 122 valence electrons. The molecule has 0 spiro atoms. The molecule has 0 saturated heterocycles. The van der Waals surface area contributed by atoms with Gasteiger partial charge in [-0.1, -0.05) is 16.8 Å². The zero-order valence-corrected chi connectivity index (χ0v) is 15.2. The number of carbonyl (C=O) groups excluding carboxylic acids is 1. The highest BCUT2D eigenvalue weighted by atomic mass is 35.5. The van der Waals surface area contributed by atoms with Crippen LogP contribution in [0.4, 0.5) is 0 Å². The molecule has 23 heavy (non-hydrogen) atoms. The maximum atomic E-state index is 13.0. The number of carbonyl (C=O) groups is 1. The lowest BCUT2D eigenvalue weighted by molar-refractivity contribution is 0.103. The van der Waals surface area contributed by atoms with Crippen LogP contribution < -0.4 is 0 Å². The first-order valence-corrected chi connectivity index (χ1v) is 10.5. The van der Waals surface area contributed by atoms with Gasteiger partial charge in [0.25, 0.3) is 0 Å². The third-order valence-electron chi connectivity index (χ3n) is 3.81. The van der Waals surface area contributed by atoms with Gasteiger partial charge in [-0.25, -0.2) is 0 Å². The van der Waals surface area contributed by atoms with Gasteiger partial charge in [0, 0.05) is 33.4 Å². The number of thioether (sulfide) groups is 1. The molecule has 1 fully saturated rings. The van der Waals surface area contributed by atoms with Crippen molar-refractivity contribution in [3.05, 3.63) is 45.8 Å². The second kappa shape index (κ2) is 6.79. The van der Waals surface area contributed by atoms with Crippen molar-refractivity contribution >= 4 is 39.9 Å². The SMILES string of the molecule is CSc1ccc(C(=O)c2cnoc2C2CC2)c(CS(C)=O)c1Cl. The van der Waals surface area contributed by atoms with Crippen LogP contribution in [0.1, 0.15) is 46.0 Å². The van der Waals surface area contributed by atoms with E-state index in [0.717, 1.165) is 17.7 Å². The van der Waals surface area contributed by atoms with Crippen molar-refractivity contribution in [3.63, 3.8) is 0 Å². The maximum absolute atomic E-state index is 13.0. The first kappa shape index (κ1) is 16.7. The molecule has 1 saturated carbocycles. The Morgan fingerprint density at radius 3 is 2.78 bits per heavy atom. The van der Waals surface area contributed by atoms with Crippen molar-refractivity contribution in [3.8, 4) is 0 Å². The van der Waals surface area contributed by atoms with Crippen LogP contribution in [-0.4, -0.2) is 27.7 Å². The minimum atomic E-state index is -1.10. The Morgan fingerprint density at radius 1 is 1.43 bits per heavy atom. The first-order valence-electron chi connectivity index (χ1n) is 7.17. The molecule has 4 nitrogen and oxygen atoms in total. The Kier molecular flexibility index (Phi) is 4.94. The fourth-order valence-corrected chi connectivity index (χ4v) is 4.27. The molecule has 1 heterocycles. The molecule has 1 aliphatic rings. The van der Waals surface area contributed by atoms with Gasteiger partial charge in [-0.3, -0.25) is 9.00 Å². The molecule has 3 rings (SSSR count). The molecule has 1 atom stereocenters. The molecule has 0 radical (unpaired) electrons. The molecule has 0 N–H and O–H groups in total. The lowest BCUT2D eigenvalue weighted by Gasteiger charge is -2.12. The third kappa shape index (κ3) is 3.39. The van der Waals surface area contributed by atoms with Gasteiger partial charge in [-0.05, 0) is 36.8 Å². The Hall–Kier alpha value is -1.11. The minimum Gasteiger partial charge on any atom is -0.360 e. The second-order valence-electron chi connectivity index (χ2n) is 5.53. The zero-order chi connectivity index (χ0) is 16.6. The summed E-state index contributed by atoms with van der Waals surface area (Å²) in [6, 6.07) is 3.58. The lowest BCUT2D eigenvalue weighted by Crippen LogP contribution is -2.09. The first-order chi connectivity index (χ1) is 11.0. The fraction of sp³-hybridized carbons (Fsp3) is 0.375. The highest BCUT2D eigenvalue weighted by Crippen LogP contribution is 2.42. The number of hydrogen-bond acceptors (Lipinski definition) is 5. The van der Waals surface area contributed by atoms with E-state index in [9.17, 15) is 9.00 Å². The molecular weight excluding hydrogens is 354 g/mol. The van der Waals surface area contributed by atoms with E-state index in [1.807, 2.05) is 12.3 Å². The largest absolute Gasteiger partial charge is 0.360 e. The van der Waals surface area contributed by atoms with Crippen LogP contribution in [0.5, 0.6) is 0 Å². The third-order valence-corrected chi connectivity index (χ3v) is 5.83. The van der Waals surface area contributed by atoms with Gasteiger partial charge in [0.1, 0.15) is 0 Å². The summed E-state index contributed by atoms with van der Waals surface area (Å²) in [6.45, 7) is 0. The Bertz CT molecular complexity index is 784. The van der Waals surface area contributed by atoms with Crippen molar-refractivity contribution in [2.75, 3.05) is 12.5 Å². The number of rotatable bonds is 6. The van der Waals surface area contributed by atoms with Crippen molar-refractivity contribution < 1.29 is 13.5 Å². The molecule has 0 bridgehead atoms. The monoisotopic (exact) mass is 369 g/mol. The molecule has 1 unspecified atom stereocenters. The molecule has 1 aromatic carbocycles. The van der Waals surface area contributed by atoms with Crippen LogP contribution in [0.15, 0.2) is 27.7 Å². The summed E-state index contributed by atoms with van der Waals surface area (Å²) in [6.07, 6.45) is 7.03.